The number of nitrogens with zero attached hydrogens (tertiary/aromatic N) is 2. The van der Waals surface area contributed by atoms with Crippen LogP contribution in [0.2, 0.25) is 0 Å². The molecule has 5 heteroatoms. The SMILES string of the molecule is CCC1(CC)CC(Nc2ncc(Br)cn2)CCO1. The number of ether oxygens (including phenoxy) is 1. The number of hydrogen-bond donors (Lipinski definition) is 1. The van der Waals surface area contributed by atoms with E-state index < -0.39 is 0 Å². The van der Waals surface area contributed by atoms with E-state index in [2.05, 4.69) is 45.1 Å². The monoisotopic (exact) mass is 313 g/mol. The molecule has 18 heavy (non-hydrogen) atoms. The van der Waals surface area contributed by atoms with Gasteiger partial charge in [0.25, 0.3) is 0 Å². The topological polar surface area (TPSA) is 47.0 Å². The van der Waals surface area contributed by atoms with Gasteiger partial charge in [0.05, 0.1) is 10.1 Å². The fourth-order valence-electron chi connectivity index (χ4n) is 2.46. The molecule has 0 aliphatic carbocycles. The predicted octanol–water partition coefficient (Wildman–Crippen LogP) is 3.39. The van der Waals surface area contributed by atoms with Crippen LogP contribution in [-0.2, 0) is 4.74 Å². The maximum atomic E-state index is 5.96. The summed E-state index contributed by atoms with van der Waals surface area (Å²) in [6, 6.07) is 0.403. The number of halogens is 1. The molecule has 1 atom stereocenters. The van der Waals surface area contributed by atoms with Crippen LogP contribution in [0, 0.1) is 0 Å². The molecule has 0 bridgehead atoms. The molecule has 100 valence electrons. The minimum Gasteiger partial charge on any atom is -0.375 e. The van der Waals surface area contributed by atoms with Crippen LogP contribution in [0.25, 0.3) is 0 Å². The molecule has 1 aliphatic heterocycles. The van der Waals surface area contributed by atoms with Crippen LogP contribution in [0.3, 0.4) is 0 Å². The molecular formula is C13H20BrN3O. The highest BCUT2D eigenvalue weighted by Crippen LogP contribution is 2.32. The number of nitrogens with one attached hydrogen (secondary N) is 1. The summed E-state index contributed by atoms with van der Waals surface area (Å²) in [6.07, 6.45) is 7.69. The van der Waals surface area contributed by atoms with E-state index in [1.807, 2.05) is 0 Å². The van der Waals surface area contributed by atoms with E-state index in [0.717, 1.165) is 36.8 Å². The Morgan fingerprint density at radius 1 is 1.39 bits per heavy atom. The Bertz CT molecular complexity index is 378. The van der Waals surface area contributed by atoms with E-state index in [1.54, 1.807) is 12.4 Å². The molecule has 0 amide bonds. The van der Waals surface area contributed by atoms with E-state index >= 15 is 0 Å². The van der Waals surface area contributed by atoms with Gasteiger partial charge < -0.3 is 10.1 Å². The molecule has 1 fully saturated rings. The van der Waals surface area contributed by atoms with Crippen LogP contribution < -0.4 is 5.32 Å². The predicted molar refractivity (Wildman–Crippen MR) is 75.6 cm³/mol. The van der Waals surface area contributed by atoms with Crippen molar-refractivity contribution in [3.8, 4) is 0 Å². The first-order valence-corrected chi connectivity index (χ1v) is 7.35. The van der Waals surface area contributed by atoms with Crippen molar-refractivity contribution in [2.45, 2.75) is 51.2 Å². The highest BCUT2D eigenvalue weighted by Gasteiger charge is 2.34. The Hall–Kier alpha value is -0.680. The van der Waals surface area contributed by atoms with E-state index in [1.165, 1.54) is 0 Å². The van der Waals surface area contributed by atoms with Crippen molar-refractivity contribution < 1.29 is 4.74 Å². The molecule has 0 spiro atoms. The lowest BCUT2D eigenvalue weighted by Gasteiger charge is -2.40. The fourth-order valence-corrected chi connectivity index (χ4v) is 2.67. The fraction of sp³-hybridized carbons (Fsp3) is 0.692. The van der Waals surface area contributed by atoms with Gasteiger partial charge in [0, 0.05) is 25.0 Å². The van der Waals surface area contributed by atoms with Crippen molar-refractivity contribution in [3.05, 3.63) is 16.9 Å². The lowest BCUT2D eigenvalue weighted by atomic mass is 9.86. The number of aromatic nitrogens is 2. The molecule has 2 rings (SSSR count). The first kappa shape index (κ1) is 13.7. The van der Waals surface area contributed by atoms with Gasteiger partial charge in [-0.1, -0.05) is 13.8 Å². The number of hydrogen-bond acceptors (Lipinski definition) is 4. The highest BCUT2D eigenvalue weighted by atomic mass is 79.9. The highest BCUT2D eigenvalue weighted by molar-refractivity contribution is 9.10. The zero-order chi connectivity index (χ0) is 13.0. The average molecular weight is 314 g/mol. The van der Waals surface area contributed by atoms with E-state index in [9.17, 15) is 0 Å². The summed E-state index contributed by atoms with van der Waals surface area (Å²) in [4.78, 5) is 8.52. The maximum Gasteiger partial charge on any atom is 0.222 e. The van der Waals surface area contributed by atoms with Crippen LogP contribution in [-0.4, -0.2) is 28.2 Å². The summed E-state index contributed by atoms with van der Waals surface area (Å²) in [5, 5.41) is 3.41. The third-order valence-electron chi connectivity index (χ3n) is 3.74. The van der Waals surface area contributed by atoms with Crippen LogP contribution in [0.1, 0.15) is 39.5 Å². The second-order valence-electron chi connectivity index (χ2n) is 4.80. The van der Waals surface area contributed by atoms with Gasteiger partial charge in [-0.2, -0.15) is 0 Å². The van der Waals surface area contributed by atoms with Gasteiger partial charge >= 0.3 is 0 Å². The first-order valence-electron chi connectivity index (χ1n) is 6.55. The van der Waals surface area contributed by atoms with Crippen molar-refractivity contribution in [1.29, 1.82) is 0 Å². The number of anilines is 1. The Morgan fingerprint density at radius 3 is 2.67 bits per heavy atom. The van der Waals surface area contributed by atoms with Crippen LogP contribution in [0.15, 0.2) is 16.9 Å². The maximum absolute atomic E-state index is 5.96. The molecule has 1 aromatic heterocycles. The van der Waals surface area contributed by atoms with Gasteiger partial charge in [0.2, 0.25) is 5.95 Å². The Labute approximate surface area is 117 Å². The third-order valence-corrected chi connectivity index (χ3v) is 4.14. The van der Waals surface area contributed by atoms with Crippen LogP contribution >= 0.6 is 15.9 Å². The van der Waals surface area contributed by atoms with Gasteiger partial charge in [0.1, 0.15) is 0 Å². The van der Waals surface area contributed by atoms with Crippen molar-refractivity contribution >= 4 is 21.9 Å². The lowest BCUT2D eigenvalue weighted by molar-refractivity contribution is -0.0865. The molecule has 0 saturated carbocycles. The van der Waals surface area contributed by atoms with E-state index in [0.29, 0.717) is 12.0 Å². The first-order chi connectivity index (χ1) is 8.67. The van der Waals surface area contributed by atoms with E-state index in [4.69, 9.17) is 4.74 Å². The van der Waals surface area contributed by atoms with E-state index in [-0.39, 0.29) is 5.60 Å². The third kappa shape index (κ3) is 3.20. The van der Waals surface area contributed by atoms with Crippen molar-refractivity contribution in [3.63, 3.8) is 0 Å². The quantitative estimate of drug-likeness (QED) is 0.925. The summed E-state index contributed by atoms with van der Waals surface area (Å²) in [5.41, 5.74) is 0.0330. The largest absolute Gasteiger partial charge is 0.375 e. The molecule has 2 heterocycles. The van der Waals surface area contributed by atoms with Gasteiger partial charge in [-0.15, -0.1) is 0 Å². The number of rotatable bonds is 4. The van der Waals surface area contributed by atoms with Crippen molar-refractivity contribution in [2.24, 2.45) is 0 Å². The second kappa shape index (κ2) is 5.97. The standard InChI is InChI=1S/C13H20BrN3O/c1-3-13(4-2)7-11(5-6-18-13)17-12-15-8-10(14)9-16-12/h8-9,11H,3-7H2,1-2H3,(H,15,16,17). The normalized spacial score (nSPS) is 22.7. The Morgan fingerprint density at radius 2 is 2.06 bits per heavy atom. The van der Waals surface area contributed by atoms with Gasteiger partial charge in [-0.05, 0) is 41.6 Å². The van der Waals surface area contributed by atoms with Crippen molar-refractivity contribution in [2.75, 3.05) is 11.9 Å². The summed E-state index contributed by atoms with van der Waals surface area (Å²) in [7, 11) is 0. The van der Waals surface area contributed by atoms with Gasteiger partial charge in [0.15, 0.2) is 0 Å². The van der Waals surface area contributed by atoms with Crippen molar-refractivity contribution in [1.82, 2.24) is 9.97 Å². The van der Waals surface area contributed by atoms with Crippen LogP contribution in [0.5, 0.6) is 0 Å². The zero-order valence-electron chi connectivity index (χ0n) is 10.9. The lowest BCUT2D eigenvalue weighted by Crippen LogP contribution is -2.43. The molecule has 1 saturated heterocycles. The average Bonchev–Trinajstić information content (AvgIpc) is 2.41. The molecule has 4 nitrogen and oxygen atoms in total. The second-order valence-corrected chi connectivity index (χ2v) is 5.71. The van der Waals surface area contributed by atoms with Crippen LogP contribution in [0.4, 0.5) is 5.95 Å². The summed E-state index contributed by atoms with van der Waals surface area (Å²) < 4.78 is 6.86. The summed E-state index contributed by atoms with van der Waals surface area (Å²) in [5.74, 6) is 0.700. The summed E-state index contributed by atoms with van der Waals surface area (Å²) in [6.45, 7) is 5.21. The Balaban J connectivity index is 1.99. The minimum absolute atomic E-state index is 0.0330. The Kier molecular flexibility index (Phi) is 4.56. The zero-order valence-corrected chi connectivity index (χ0v) is 12.5. The molecular weight excluding hydrogens is 294 g/mol. The smallest absolute Gasteiger partial charge is 0.222 e. The molecule has 1 aromatic rings. The molecule has 1 unspecified atom stereocenters. The molecule has 0 radical (unpaired) electrons. The summed E-state index contributed by atoms with van der Waals surface area (Å²) >= 11 is 3.34. The minimum atomic E-state index is 0.0330. The van der Waals surface area contributed by atoms with Gasteiger partial charge in [-0.3, -0.25) is 0 Å². The van der Waals surface area contributed by atoms with Gasteiger partial charge in [-0.25, -0.2) is 9.97 Å². The molecule has 1 N–H and O–H groups in total. The molecule has 1 aliphatic rings. The molecule has 0 aromatic carbocycles.